The lowest BCUT2D eigenvalue weighted by Gasteiger charge is -2.31. The van der Waals surface area contributed by atoms with Crippen molar-refractivity contribution in [1.82, 2.24) is 15.2 Å². The van der Waals surface area contributed by atoms with Gasteiger partial charge in [0, 0.05) is 26.2 Å². The highest BCUT2D eigenvalue weighted by molar-refractivity contribution is 5.77. The maximum Gasteiger partial charge on any atom is 0.248 e. The molecule has 12 heavy (non-hydrogen) atoms. The molecule has 5 heteroatoms. The van der Waals surface area contributed by atoms with Crippen molar-refractivity contribution in [2.75, 3.05) is 39.8 Å². The molecule has 1 amide bonds. The summed E-state index contributed by atoms with van der Waals surface area (Å²) in [6.45, 7) is 4.37. The molecule has 0 unspecified atom stereocenters. The van der Waals surface area contributed by atoms with Crippen LogP contribution in [-0.2, 0) is 4.79 Å². The number of piperazine rings is 1. The number of nitrogens with one attached hydrogen (secondary N) is 1. The number of hydrazine groups is 1. The number of hydrogen-bond donors (Lipinski definition) is 2. The molecule has 0 aromatic rings. The monoisotopic (exact) mass is 176 g/mol. The zero-order valence-corrected chi connectivity index (χ0v) is 7.42. The van der Waals surface area contributed by atoms with Crippen LogP contribution in [0.2, 0.25) is 0 Å². The molecule has 0 spiro atoms. The van der Waals surface area contributed by atoms with Crippen LogP contribution in [-0.4, -0.2) is 55.5 Å². The molecule has 5 nitrogen and oxygen atoms in total. The van der Waals surface area contributed by atoms with Crippen LogP contribution in [0.15, 0.2) is 0 Å². The largest absolute Gasteiger partial charge is 0.304 e. The van der Waals surface area contributed by atoms with Crippen molar-refractivity contribution in [2.24, 2.45) is 5.84 Å². The fourth-order valence-corrected chi connectivity index (χ4v) is 1.25. The Hall–Kier alpha value is -0.650. The molecule has 1 aliphatic rings. The van der Waals surface area contributed by atoms with Gasteiger partial charge in [0.15, 0.2) is 0 Å². The molecule has 0 atom stereocenters. The minimum Gasteiger partial charge on any atom is -0.304 e. The van der Waals surface area contributed by atoms with Crippen LogP contribution < -0.4 is 11.3 Å². The quantitative estimate of drug-likeness (QED) is 0.172. The molecule has 1 saturated heterocycles. The lowest BCUT2D eigenvalue weighted by Crippen LogP contribution is -2.49. The van der Waals surface area contributed by atoms with Gasteiger partial charge in [-0.15, -0.1) is 0 Å². The summed E-state index contributed by atoms with van der Waals surface area (Å²) in [5.74, 6) is 4.87. The van der Waals surface area contributed by atoms with Crippen molar-refractivity contribution in [3.05, 3.63) is 0 Å². The van der Waals surface area contributed by atoms with Gasteiger partial charge in [-0.25, -0.2) is 5.84 Å². The molecule has 0 radical (unpaired) electrons. The number of nitrogens with zero attached hydrogens (tertiary/aromatic N) is 2. The second kappa shape index (κ2) is 4.39. The molecule has 1 rings (SSSR count). The topological polar surface area (TPSA) is 61.6 Å². The molecule has 1 fully saturated rings. The van der Waals surface area contributed by atoms with Crippen LogP contribution in [0, 0.1) is 0 Å². The van der Waals surface area contributed by atoms with Crippen molar-refractivity contribution in [2.45, 2.75) is 0 Å². The van der Waals surface area contributed by atoms with E-state index in [9.17, 15) is 4.79 Å². The highest BCUT2D eigenvalue weighted by atomic mass is 16.2. The van der Waals surface area contributed by atoms with Gasteiger partial charge in [-0.2, -0.15) is 0 Å². The summed E-state index contributed by atoms with van der Waals surface area (Å²) in [6, 6.07) is 0. The third-order valence-electron chi connectivity index (χ3n) is 2.12. The number of carbonyl (C=O) groups excluding carboxylic acids is 1. The summed E-state index contributed by atoms with van der Waals surface area (Å²) in [6.07, 6.45) is 0. The molecule has 3 N–H and O–H groups in total. The highest BCUT2D eigenvalue weighted by Gasteiger charge is 2.15. The third kappa shape index (κ3) is 2.77. The predicted molar refractivity (Wildman–Crippen MR) is 46.3 cm³/mol. The second-order valence-corrected chi connectivity index (χ2v) is 3.15. The second-order valence-electron chi connectivity index (χ2n) is 3.15. The normalized spacial score (nSPS) is 20.8. The highest BCUT2D eigenvalue weighted by Crippen LogP contribution is 1.97. The van der Waals surface area contributed by atoms with E-state index in [4.69, 9.17) is 5.84 Å². The van der Waals surface area contributed by atoms with Gasteiger partial charge < -0.3 is 4.90 Å². The van der Waals surface area contributed by atoms with Gasteiger partial charge in [0.25, 0.3) is 0 Å². The van der Waals surface area contributed by atoms with Gasteiger partial charge in [0.2, 0.25) is 5.91 Å². The molecule has 0 bridgehead atoms. The van der Waals surface area contributed by atoms with Gasteiger partial charge >= 0.3 is 0 Å². The first-order valence-corrected chi connectivity index (χ1v) is 4.12. The molecule has 1 heterocycles. The molecule has 0 aliphatic carbocycles. The Balaban J connectivity index is 2.21. The van der Waals surface area contributed by atoms with Crippen molar-refractivity contribution in [1.29, 1.82) is 0 Å². The third-order valence-corrected chi connectivity index (χ3v) is 2.12. The lowest BCUT2D eigenvalue weighted by molar-refractivity contribution is -0.122. The van der Waals surface area contributed by atoms with Crippen LogP contribution in [0.25, 0.3) is 0 Å². The molecule has 0 aromatic heterocycles. The number of nitrogens with two attached hydrogens (primary N) is 1. The summed E-state index contributed by atoms with van der Waals surface area (Å²) in [5, 5.41) is 0. The first-order valence-electron chi connectivity index (χ1n) is 4.12. The average Bonchev–Trinajstić information content (AvgIpc) is 2.09. The first-order chi connectivity index (χ1) is 5.72. The Morgan fingerprint density at radius 1 is 1.42 bits per heavy atom. The van der Waals surface area contributed by atoms with E-state index < -0.39 is 0 Å². The van der Waals surface area contributed by atoms with Crippen LogP contribution in [0.1, 0.15) is 0 Å². The standard InChI is InChI=1S/C7H16N4O/c1-10-2-4-11(5-3-10)6-7(12)9-8/h2-6,8H2,1H3,(H,9,12)/i2+1,4+1,6+1,11+1. The van der Waals surface area contributed by atoms with Crippen molar-refractivity contribution < 1.29 is 4.79 Å². The number of amides is 1. The smallest absolute Gasteiger partial charge is 0.248 e. The number of hydrogen-bond acceptors (Lipinski definition) is 4. The summed E-state index contributed by atoms with van der Waals surface area (Å²) in [7, 11) is 2.08. The maximum atomic E-state index is 10.9. The number of carbonyl (C=O) groups is 1. The minimum atomic E-state index is -0.112. The minimum absolute atomic E-state index is 0.112. The Bertz CT molecular complexity index is 153. The maximum absolute atomic E-state index is 10.9. The SMILES string of the molecule is CN1CC[15N]([13CH2]C(=O)NN)[13CH2][13CH2]1. The molecule has 0 saturated carbocycles. The summed E-state index contributed by atoms with van der Waals surface area (Å²) in [5.41, 5.74) is 2.13. The van der Waals surface area contributed by atoms with E-state index in [0.29, 0.717) is 6.54 Å². The Kier molecular flexibility index (Phi) is 3.46. The van der Waals surface area contributed by atoms with E-state index in [1.54, 1.807) is 0 Å². The fraction of sp³-hybridized carbons (Fsp3) is 0.857. The summed E-state index contributed by atoms with van der Waals surface area (Å²) < 4.78 is 0. The zero-order valence-electron chi connectivity index (χ0n) is 7.42. The average molecular weight is 176 g/mol. The Morgan fingerprint density at radius 2 is 2.00 bits per heavy atom. The van der Waals surface area contributed by atoms with Gasteiger partial charge in [0.1, 0.15) is 0 Å². The van der Waals surface area contributed by atoms with Crippen molar-refractivity contribution in [3.8, 4) is 0 Å². The van der Waals surface area contributed by atoms with E-state index >= 15 is 0 Å². The number of rotatable bonds is 2. The van der Waals surface area contributed by atoms with E-state index in [-0.39, 0.29) is 5.91 Å². The number of likely N-dealkylation sites (N-methyl/N-ethyl adjacent to an activating group) is 1. The van der Waals surface area contributed by atoms with Crippen LogP contribution in [0.5, 0.6) is 0 Å². The molecular weight excluding hydrogens is 160 g/mol. The van der Waals surface area contributed by atoms with Gasteiger partial charge in [0.05, 0.1) is 6.54 Å². The zero-order chi connectivity index (χ0) is 8.97. The Morgan fingerprint density at radius 3 is 2.50 bits per heavy atom. The van der Waals surface area contributed by atoms with Crippen molar-refractivity contribution >= 4 is 5.91 Å². The summed E-state index contributed by atoms with van der Waals surface area (Å²) in [4.78, 5) is 15.2. The molecular formula is C7H16N4O. The van der Waals surface area contributed by atoms with Gasteiger partial charge in [-0.05, 0) is 7.05 Å². The van der Waals surface area contributed by atoms with Gasteiger partial charge in [-0.1, -0.05) is 0 Å². The van der Waals surface area contributed by atoms with Crippen molar-refractivity contribution in [3.63, 3.8) is 0 Å². The molecule has 1 aliphatic heterocycles. The van der Waals surface area contributed by atoms with Gasteiger partial charge in [-0.3, -0.25) is 15.1 Å². The van der Waals surface area contributed by atoms with Crippen LogP contribution in [0.3, 0.4) is 0 Å². The van der Waals surface area contributed by atoms with E-state index in [1.165, 1.54) is 0 Å². The van der Waals surface area contributed by atoms with E-state index in [0.717, 1.165) is 26.2 Å². The van der Waals surface area contributed by atoms with E-state index in [1.807, 2.05) is 0 Å². The van der Waals surface area contributed by atoms with Crippen LogP contribution >= 0.6 is 0 Å². The fourth-order valence-electron chi connectivity index (χ4n) is 1.25. The molecule has 70 valence electrons. The molecule has 0 aromatic carbocycles. The lowest BCUT2D eigenvalue weighted by atomic mass is 10.6. The predicted octanol–water partition coefficient (Wildman–Crippen LogP) is -1.78. The van der Waals surface area contributed by atoms with E-state index in [2.05, 4.69) is 22.3 Å². The Labute approximate surface area is 72.5 Å². The first kappa shape index (κ1) is 9.44. The summed E-state index contributed by atoms with van der Waals surface area (Å²) >= 11 is 0. The van der Waals surface area contributed by atoms with Crippen LogP contribution in [0.4, 0.5) is 0 Å².